The van der Waals surface area contributed by atoms with E-state index in [2.05, 4.69) is 20.4 Å². The number of aliphatic hydroxyl groups is 1. The van der Waals surface area contributed by atoms with Crippen molar-refractivity contribution in [2.75, 3.05) is 19.0 Å². The number of benzene rings is 1. The lowest BCUT2D eigenvalue weighted by atomic mass is 9.87. The van der Waals surface area contributed by atoms with Gasteiger partial charge in [-0.1, -0.05) is 0 Å². The van der Waals surface area contributed by atoms with E-state index in [0.29, 0.717) is 23.4 Å². The number of anilines is 1. The van der Waals surface area contributed by atoms with Crippen LogP contribution in [0.3, 0.4) is 0 Å². The van der Waals surface area contributed by atoms with E-state index in [-0.39, 0.29) is 18.3 Å². The summed E-state index contributed by atoms with van der Waals surface area (Å²) in [6.45, 7) is 0.199. The summed E-state index contributed by atoms with van der Waals surface area (Å²) in [6.07, 6.45) is 2.38. The maximum absolute atomic E-state index is 12.9. The molecule has 8 nitrogen and oxygen atoms in total. The van der Waals surface area contributed by atoms with Crippen LogP contribution in [0.1, 0.15) is 47.9 Å². The van der Waals surface area contributed by atoms with E-state index in [1.807, 2.05) is 10.9 Å². The summed E-state index contributed by atoms with van der Waals surface area (Å²) in [5.74, 6) is -0.187. The van der Waals surface area contributed by atoms with Gasteiger partial charge in [-0.2, -0.15) is 18.3 Å². The van der Waals surface area contributed by atoms with Gasteiger partial charge >= 0.3 is 6.18 Å². The number of ether oxygens (including phenoxy) is 1. The number of halogens is 3. The van der Waals surface area contributed by atoms with Gasteiger partial charge in [0.15, 0.2) is 5.69 Å². The first-order valence-corrected chi connectivity index (χ1v) is 10.2. The van der Waals surface area contributed by atoms with Crippen LogP contribution in [0.15, 0.2) is 30.7 Å². The van der Waals surface area contributed by atoms with Gasteiger partial charge in [-0.05, 0) is 37.7 Å². The number of carbonyl (C=O) groups is 1. The van der Waals surface area contributed by atoms with Gasteiger partial charge < -0.3 is 15.2 Å². The minimum absolute atomic E-state index is 0.199. The molecule has 1 fully saturated rings. The van der Waals surface area contributed by atoms with Crippen LogP contribution in [0.5, 0.6) is 5.75 Å². The molecule has 0 saturated heterocycles. The summed E-state index contributed by atoms with van der Waals surface area (Å²) >= 11 is 0. The fourth-order valence-corrected chi connectivity index (χ4v) is 3.92. The molecule has 11 heteroatoms. The molecule has 0 unspecified atom stereocenters. The van der Waals surface area contributed by atoms with E-state index in [9.17, 15) is 23.1 Å². The third-order valence-electron chi connectivity index (χ3n) is 5.70. The molecular weight excluding hydrogens is 427 g/mol. The number of methoxy groups -OCH3 is 1. The largest absolute Gasteiger partial charge is 0.494 e. The molecule has 0 radical (unpaired) electrons. The Morgan fingerprint density at radius 3 is 2.66 bits per heavy atom. The van der Waals surface area contributed by atoms with Gasteiger partial charge in [0.2, 0.25) is 0 Å². The quantitative estimate of drug-likeness (QED) is 0.614. The minimum Gasteiger partial charge on any atom is -0.494 e. The summed E-state index contributed by atoms with van der Waals surface area (Å²) in [5.41, 5.74) is -0.751. The van der Waals surface area contributed by atoms with Crippen LogP contribution in [0.2, 0.25) is 0 Å². The van der Waals surface area contributed by atoms with Crippen molar-refractivity contribution >= 4 is 22.5 Å². The van der Waals surface area contributed by atoms with Crippen LogP contribution in [0.4, 0.5) is 18.9 Å². The Bertz CT molecular complexity index is 1120. The van der Waals surface area contributed by atoms with Crippen molar-refractivity contribution in [3.63, 3.8) is 0 Å². The molecule has 0 aliphatic heterocycles. The zero-order valence-corrected chi connectivity index (χ0v) is 17.3. The first-order valence-electron chi connectivity index (χ1n) is 10.2. The average molecular weight is 449 g/mol. The lowest BCUT2D eigenvalue weighted by Gasteiger charge is -2.27. The number of alkyl halides is 3. The van der Waals surface area contributed by atoms with Crippen molar-refractivity contribution in [1.29, 1.82) is 0 Å². The number of aliphatic hydroxyl groups excluding tert-OH is 1. The Labute approximate surface area is 181 Å². The summed E-state index contributed by atoms with van der Waals surface area (Å²) in [5, 5.41) is 17.3. The van der Waals surface area contributed by atoms with Gasteiger partial charge in [-0.15, -0.1) is 0 Å². The molecule has 0 atom stereocenters. The molecule has 1 aliphatic carbocycles. The van der Waals surface area contributed by atoms with Crippen LogP contribution in [-0.2, 0) is 6.18 Å². The van der Waals surface area contributed by atoms with Gasteiger partial charge in [0.25, 0.3) is 5.91 Å². The first kappa shape index (κ1) is 22.0. The Kier molecular flexibility index (Phi) is 6.00. The summed E-state index contributed by atoms with van der Waals surface area (Å²) in [4.78, 5) is 19.4. The van der Waals surface area contributed by atoms with Crippen LogP contribution < -0.4 is 10.1 Å². The molecular formula is C21H22F3N5O3. The monoisotopic (exact) mass is 449 g/mol. The molecule has 32 heavy (non-hydrogen) atoms. The number of nitrogens with zero attached hydrogens (tertiary/aromatic N) is 4. The van der Waals surface area contributed by atoms with E-state index < -0.39 is 23.5 Å². The topological polar surface area (TPSA) is 102 Å². The highest BCUT2D eigenvalue weighted by atomic mass is 19.4. The van der Waals surface area contributed by atoms with Crippen molar-refractivity contribution in [2.45, 2.75) is 37.9 Å². The Hall–Kier alpha value is -3.21. The minimum atomic E-state index is -4.70. The normalized spacial score (nSPS) is 19.2. The second-order valence-electron chi connectivity index (χ2n) is 7.82. The lowest BCUT2D eigenvalue weighted by Crippen LogP contribution is -2.20. The second-order valence-corrected chi connectivity index (χ2v) is 7.82. The van der Waals surface area contributed by atoms with Crippen molar-refractivity contribution in [3.05, 3.63) is 42.1 Å². The molecule has 1 aliphatic rings. The van der Waals surface area contributed by atoms with Crippen molar-refractivity contribution in [2.24, 2.45) is 5.92 Å². The standard InChI is InChI=1S/C21H22F3N5O3/c1-32-18-7-15-13(10-29(28-15)14-4-2-12(11-30)3-5-14)6-16(18)27-20(31)17-8-25-9-19(26-17)21(22,23)24/h6-10,12,14,30H,2-5,11H2,1H3,(H,27,31). The van der Waals surface area contributed by atoms with Gasteiger partial charge in [0.1, 0.15) is 11.4 Å². The molecule has 0 bridgehead atoms. The molecule has 1 saturated carbocycles. The molecule has 2 heterocycles. The van der Waals surface area contributed by atoms with Gasteiger partial charge in [0.05, 0.1) is 36.7 Å². The third kappa shape index (κ3) is 4.52. The van der Waals surface area contributed by atoms with E-state index in [1.54, 1.807) is 12.1 Å². The Balaban J connectivity index is 1.58. The number of hydrogen-bond donors (Lipinski definition) is 2. The van der Waals surface area contributed by atoms with Crippen LogP contribution in [0.25, 0.3) is 10.9 Å². The summed E-state index contributed by atoms with van der Waals surface area (Å²) < 4.78 is 45.9. The zero-order valence-electron chi connectivity index (χ0n) is 17.3. The Morgan fingerprint density at radius 2 is 2.00 bits per heavy atom. The second kappa shape index (κ2) is 8.73. The molecule has 2 N–H and O–H groups in total. The molecule has 3 aromatic rings. The van der Waals surface area contributed by atoms with Gasteiger partial charge in [-0.25, -0.2) is 4.98 Å². The molecule has 1 amide bonds. The third-order valence-corrected chi connectivity index (χ3v) is 5.70. The Morgan fingerprint density at radius 1 is 1.25 bits per heavy atom. The van der Waals surface area contributed by atoms with Crippen LogP contribution in [0, 0.1) is 5.92 Å². The number of rotatable bonds is 5. The number of hydrogen-bond acceptors (Lipinski definition) is 6. The average Bonchev–Trinajstić information content (AvgIpc) is 3.21. The predicted molar refractivity (Wildman–Crippen MR) is 109 cm³/mol. The molecule has 4 rings (SSSR count). The maximum Gasteiger partial charge on any atom is 0.434 e. The molecule has 170 valence electrons. The zero-order chi connectivity index (χ0) is 22.9. The van der Waals surface area contributed by atoms with Gasteiger partial charge in [0, 0.05) is 24.3 Å². The predicted octanol–water partition coefficient (Wildman–Crippen LogP) is 3.83. The van der Waals surface area contributed by atoms with Crippen molar-refractivity contribution in [3.8, 4) is 5.75 Å². The van der Waals surface area contributed by atoms with Crippen molar-refractivity contribution < 1.29 is 27.8 Å². The van der Waals surface area contributed by atoms with E-state index >= 15 is 0 Å². The molecule has 0 spiro atoms. The summed E-state index contributed by atoms with van der Waals surface area (Å²) in [7, 11) is 1.42. The van der Waals surface area contributed by atoms with Crippen LogP contribution in [-0.4, -0.2) is 44.5 Å². The number of carbonyl (C=O) groups excluding carboxylic acids is 1. The highest BCUT2D eigenvalue weighted by molar-refractivity contribution is 6.04. The smallest absolute Gasteiger partial charge is 0.434 e. The maximum atomic E-state index is 12.9. The highest BCUT2D eigenvalue weighted by Gasteiger charge is 2.33. The van der Waals surface area contributed by atoms with E-state index in [0.717, 1.165) is 37.3 Å². The molecule has 1 aromatic carbocycles. The van der Waals surface area contributed by atoms with Gasteiger partial charge in [-0.3, -0.25) is 14.5 Å². The highest BCUT2D eigenvalue weighted by Crippen LogP contribution is 2.35. The number of amides is 1. The summed E-state index contributed by atoms with van der Waals surface area (Å²) in [6, 6.07) is 3.55. The molecule has 2 aromatic heterocycles. The number of fused-ring (bicyclic) bond motifs is 1. The first-order chi connectivity index (χ1) is 15.3. The fourth-order valence-electron chi connectivity index (χ4n) is 3.92. The number of nitrogens with one attached hydrogen (secondary N) is 1. The van der Waals surface area contributed by atoms with Crippen molar-refractivity contribution in [1.82, 2.24) is 19.7 Å². The van der Waals surface area contributed by atoms with E-state index in [4.69, 9.17) is 4.74 Å². The number of aromatic nitrogens is 4. The van der Waals surface area contributed by atoms with Crippen LogP contribution >= 0.6 is 0 Å². The van der Waals surface area contributed by atoms with E-state index in [1.165, 1.54) is 7.11 Å². The SMILES string of the molecule is COc1cc2nn(C3CCC(CO)CC3)cc2cc1NC(=O)c1cncc(C(F)(F)F)n1. The lowest BCUT2D eigenvalue weighted by molar-refractivity contribution is -0.141. The fraction of sp³-hybridized carbons (Fsp3) is 0.429.